The van der Waals surface area contributed by atoms with Gasteiger partial charge in [-0.3, -0.25) is 0 Å². The first-order valence-corrected chi connectivity index (χ1v) is 6.47. The maximum absolute atomic E-state index is 5.91. The van der Waals surface area contributed by atoms with Crippen molar-refractivity contribution >= 4 is 0 Å². The average molecular weight is 228 g/mol. The molecule has 1 saturated heterocycles. The van der Waals surface area contributed by atoms with Gasteiger partial charge >= 0.3 is 0 Å². The van der Waals surface area contributed by atoms with Crippen molar-refractivity contribution in [2.24, 2.45) is 17.1 Å². The summed E-state index contributed by atoms with van der Waals surface area (Å²) in [6.07, 6.45) is 2.36. The van der Waals surface area contributed by atoms with Crippen LogP contribution in [0.1, 0.15) is 33.6 Å². The highest BCUT2D eigenvalue weighted by molar-refractivity contribution is 4.87. The van der Waals surface area contributed by atoms with Gasteiger partial charge in [-0.1, -0.05) is 13.8 Å². The van der Waals surface area contributed by atoms with E-state index in [1.807, 2.05) is 0 Å². The Kier molecular flexibility index (Phi) is 5.22. The number of ether oxygens (including phenoxy) is 1. The van der Waals surface area contributed by atoms with Gasteiger partial charge in [-0.25, -0.2) is 0 Å². The molecule has 0 amide bonds. The third-order valence-corrected chi connectivity index (χ3v) is 3.77. The Morgan fingerprint density at radius 2 is 2.06 bits per heavy atom. The smallest absolute Gasteiger partial charge is 0.0547 e. The minimum Gasteiger partial charge on any atom is -0.381 e. The van der Waals surface area contributed by atoms with Crippen LogP contribution < -0.4 is 5.73 Å². The summed E-state index contributed by atoms with van der Waals surface area (Å²) < 4.78 is 5.51. The van der Waals surface area contributed by atoms with E-state index in [4.69, 9.17) is 10.5 Å². The summed E-state index contributed by atoms with van der Waals surface area (Å²) in [5.41, 5.74) is 6.12. The van der Waals surface area contributed by atoms with Crippen LogP contribution in [0.3, 0.4) is 0 Å². The van der Waals surface area contributed by atoms with Crippen LogP contribution in [0.4, 0.5) is 0 Å². The third-order valence-electron chi connectivity index (χ3n) is 3.77. The van der Waals surface area contributed by atoms with Crippen LogP contribution in [0, 0.1) is 11.3 Å². The SMILES string of the molecule is CC(C)CC(C)N(C)CC1(CN)CCOC1. The zero-order valence-electron chi connectivity index (χ0n) is 11.3. The monoisotopic (exact) mass is 228 g/mol. The second-order valence-corrected chi connectivity index (χ2v) is 5.90. The van der Waals surface area contributed by atoms with Gasteiger partial charge in [0.15, 0.2) is 0 Å². The van der Waals surface area contributed by atoms with E-state index in [9.17, 15) is 0 Å². The van der Waals surface area contributed by atoms with Crippen LogP contribution >= 0.6 is 0 Å². The van der Waals surface area contributed by atoms with E-state index in [1.165, 1.54) is 6.42 Å². The highest BCUT2D eigenvalue weighted by Gasteiger charge is 2.35. The third kappa shape index (κ3) is 3.72. The standard InChI is InChI=1S/C13H28N2O/c1-11(2)7-12(3)15(4)9-13(8-14)5-6-16-10-13/h11-12H,5-10,14H2,1-4H3. The van der Waals surface area contributed by atoms with E-state index in [1.54, 1.807) is 0 Å². The molecule has 96 valence electrons. The molecule has 2 N–H and O–H groups in total. The Balaban J connectivity index is 2.45. The lowest BCUT2D eigenvalue weighted by molar-refractivity contribution is 0.105. The predicted molar refractivity (Wildman–Crippen MR) is 68.5 cm³/mol. The molecule has 0 bridgehead atoms. The zero-order valence-corrected chi connectivity index (χ0v) is 11.3. The first kappa shape index (κ1) is 13.9. The van der Waals surface area contributed by atoms with Gasteiger partial charge in [0.2, 0.25) is 0 Å². The van der Waals surface area contributed by atoms with Crippen LogP contribution in [-0.2, 0) is 4.74 Å². The average Bonchev–Trinajstić information content (AvgIpc) is 2.66. The van der Waals surface area contributed by atoms with Crippen molar-refractivity contribution in [1.82, 2.24) is 4.90 Å². The van der Waals surface area contributed by atoms with Crippen LogP contribution in [0.2, 0.25) is 0 Å². The van der Waals surface area contributed by atoms with Crippen LogP contribution in [-0.4, -0.2) is 44.3 Å². The summed E-state index contributed by atoms with van der Waals surface area (Å²) in [6.45, 7) is 10.4. The molecule has 0 aromatic heterocycles. The van der Waals surface area contributed by atoms with Crippen molar-refractivity contribution in [2.45, 2.75) is 39.7 Å². The van der Waals surface area contributed by atoms with Gasteiger partial charge in [0.25, 0.3) is 0 Å². The minimum absolute atomic E-state index is 0.208. The number of hydrogen-bond donors (Lipinski definition) is 1. The lowest BCUT2D eigenvalue weighted by Crippen LogP contribution is -2.45. The molecule has 1 aliphatic heterocycles. The Bertz CT molecular complexity index is 200. The molecular weight excluding hydrogens is 200 g/mol. The molecule has 2 atom stereocenters. The molecule has 0 saturated carbocycles. The molecule has 3 heteroatoms. The number of hydrogen-bond acceptors (Lipinski definition) is 3. The fourth-order valence-corrected chi connectivity index (χ4v) is 2.55. The molecule has 1 aliphatic rings. The summed E-state index contributed by atoms with van der Waals surface area (Å²) in [5.74, 6) is 0.756. The number of rotatable bonds is 6. The second-order valence-electron chi connectivity index (χ2n) is 5.90. The Labute approximate surface area is 100 Å². The highest BCUT2D eigenvalue weighted by Crippen LogP contribution is 2.29. The van der Waals surface area contributed by atoms with Gasteiger partial charge in [0, 0.05) is 31.2 Å². The van der Waals surface area contributed by atoms with Gasteiger partial charge in [0.05, 0.1) is 6.61 Å². The summed E-state index contributed by atoms with van der Waals surface area (Å²) >= 11 is 0. The molecule has 3 nitrogen and oxygen atoms in total. The predicted octanol–water partition coefficient (Wildman–Crippen LogP) is 1.72. The molecule has 1 rings (SSSR count). The molecule has 2 unspecified atom stereocenters. The molecule has 16 heavy (non-hydrogen) atoms. The van der Waals surface area contributed by atoms with Gasteiger partial charge in [0.1, 0.15) is 0 Å². The molecule has 0 aliphatic carbocycles. The number of nitrogens with two attached hydrogens (primary N) is 1. The minimum atomic E-state index is 0.208. The Hall–Kier alpha value is -0.120. The van der Waals surface area contributed by atoms with Crippen molar-refractivity contribution in [3.63, 3.8) is 0 Å². The van der Waals surface area contributed by atoms with Crippen molar-refractivity contribution < 1.29 is 4.74 Å². The fourth-order valence-electron chi connectivity index (χ4n) is 2.55. The van der Waals surface area contributed by atoms with Gasteiger partial charge in [-0.15, -0.1) is 0 Å². The fraction of sp³-hybridized carbons (Fsp3) is 1.00. The quantitative estimate of drug-likeness (QED) is 0.752. The number of nitrogens with zero attached hydrogens (tertiary/aromatic N) is 1. The van der Waals surface area contributed by atoms with E-state index in [2.05, 4.69) is 32.7 Å². The molecular formula is C13H28N2O. The molecule has 1 fully saturated rings. The maximum Gasteiger partial charge on any atom is 0.0547 e. The molecule has 0 radical (unpaired) electrons. The van der Waals surface area contributed by atoms with Crippen LogP contribution in [0.5, 0.6) is 0 Å². The van der Waals surface area contributed by atoms with Gasteiger partial charge in [-0.2, -0.15) is 0 Å². The molecule has 0 aromatic carbocycles. The van der Waals surface area contributed by atoms with Crippen molar-refractivity contribution in [3.8, 4) is 0 Å². The molecule has 0 aromatic rings. The van der Waals surface area contributed by atoms with Crippen LogP contribution in [0.15, 0.2) is 0 Å². The Morgan fingerprint density at radius 1 is 1.38 bits per heavy atom. The lowest BCUT2D eigenvalue weighted by Gasteiger charge is -2.35. The van der Waals surface area contributed by atoms with E-state index in [0.29, 0.717) is 6.04 Å². The normalized spacial score (nSPS) is 27.9. The Morgan fingerprint density at radius 3 is 2.50 bits per heavy atom. The van der Waals surface area contributed by atoms with Crippen molar-refractivity contribution in [3.05, 3.63) is 0 Å². The lowest BCUT2D eigenvalue weighted by atomic mass is 9.86. The van der Waals surface area contributed by atoms with E-state index >= 15 is 0 Å². The maximum atomic E-state index is 5.91. The summed E-state index contributed by atoms with van der Waals surface area (Å²) in [5, 5.41) is 0. The van der Waals surface area contributed by atoms with Gasteiger partial charge in [-0.05, 0) is 32.7 Å². The topological polar surface area (TPSA) is 38.5 Å². The summed E-state index contributed by atoms with van der Waals surface area (Å²) in [4.78, 5) is 2.45. The van der Waals surface area contributed by atoms with Crippen molar-refractivity contribution in [1.29, 1.82) is 0 Å². The summed E-state index contributed by atoms with van der Waals surface area (Å²) in [6, 6.07) is 0.629. The van der Waals surface area contributed by atoms with Crippen LogP contribution in [0.25, 0.3) is 0 Å². The molecule has 0 spiro atoms. The van der Waals surface area contributed by atoms with E-state index in [0.717, 1.165) is 38.6 Å². The second kappa shape index (κ2) is 5.99. The molecule has 1 heterocycles. The first-order chi connectivity index (χ1) is 7.49. The van der Waals surface area contributed by atoms with E-state index in [-0.39, 0.29) is 5.41 Å². The van der Waals surface area contributed by atoms with Gasteiger partial charge < -0.3 is 15.4 Å². The largest absolute Gasteiger partial charge is 0.381 e. The van der Waals surface area contributed by atoms with Crippen molar-refractivity contribution in [2.75, 3.05) is 33.4 Å². The zero-order chi connectivity index (χ0) is 12.2. The van der Waals surface area contributed by atoms with E-state index < -0.39 is 0 Å². The highest BCUT2D eigenvalue weighted by atomic mass is 16.5. The first-order valence-electron chi connectivity index (χ1n) is 6.47. The summed E-state index contributed by atoms with van der Waals surface area (Å²) in [7, 11) is 2.21.